The molecule has 4 fully saturated rings. The average molecular weight is 737 g/mol. The van der Waals surface area contributed by atoms with Crippen molar-refractivity contribution in [2.45, 2.75) is 162 Å². The number of carbonyl (C=O) groups excluding carboxylic acids is 7. The van der Waals surface area contributed by atoms with Crippen molar-refractivity contribution in [1.29, 1.82) is 0 Å². The molecule has 0 spiro atoms. The summed E-state index contributed by atoms with van der Waals surface area (Å²) in [5.41, 5.74) is -0.758. The van der Waals surface area contributed by atoms with Crippen molar-refractivity contribution in [3.8, 4) is 0 Å². The molecule has 2 N–H and O–H groups in total. The van der Waals surface area contributed by atoms with Gasteiger partial charge in [-0.15, -0.1) is 0 Å². The fourth-order valence-corrected chi connectivity index (χ4v) is 8.99. The number of hydrogen-bond donors (Lipinski definition) is 2. The molecule has 3 aliphatic carbocycles. The van der Waals surface area contributed by atoms with E-state index in [0.29, 0.717) is 25.0 Å². The predicted octanol–water partition coefficient (Wildman–Crippen LogP) is 6.08. The Morgan fingerprint density at radius 3 is 2.21 bits per heavy atom. The maximum absolute atomic E-state index is 14.9. The molecular weight excluding hydrogens is 676 g/mol. The Morgan fingerprint density at radius 1 is 0.906 bits per heavy atom. The summed E-state index contributed by atoms with van der Waals surface area (Å²) in [7, 11) is 0. The highest BCUT2D eigenvalue weighted by Gasteiger charge is 2.51. The molecular formula is C41H60N4O8. The number of nitrogens with one attached hydrogen (secondary N) is 2. The van der Waals surface area contributed by atoms with Crippen molar-refractivity contribution in [1.82, 2.24) is 15.4 Å². The zero-order valence-corrected chi connectivity index (χ0v) is 32.4. The van der Waals surface area contributed by atoms with Gasteiger partial charge in [-0.1, -0.05) is 71.4 Å². The molecule has 53 heavy (non-hydrogen) atoms. The summed E-state index contributed by atoms with van der Waals surface area (Å²) < 4.78 is 4.99. The number of nitrogens with zero attached hydrogens (tertiary/aromatic N) is 2. The number of aryl methyl sites for hydroxylation is 1. The normalized spacial score (nSPS) is 23.7. The SMILES string of the molecule is CCC[C@H](CC(=O)[C@@H]1C[C@@H]2CCCC[C@@H]2N1C(=O)C(NC(=O)[C@@H](CC(=O)C(=O)Nc1cc(C)on1)C1CCCCC1)C(C)(C)C)C(=O)C(=O)CC1CC1. The van der Waals surface area contributed by atoms with Gasteiger partial charge in [-0.3, -0.25) is 33.6 Å². The van der Waals surface area contributed by atoms with Crippen LogP contribution >= 0.6 is 0 Å². The summed E-state index contributed by atoms with van der Waals surface area (Å²) in [6.45, 7) is 9.22. The first-order valence-electron chi connectivity index (χ1n) is 20.2. The van der Waals surface area contributed by atoms with Gasteiger partial charge in [0.1, 0.15) is 11.8 Å². The average Bonchev–Trinajstić information content (AvgIpc) is 3.71. The molecule has 6 atom stereocenters. The number of hydrogen-bond acceptors (Lipinski definition) is 9. The lowest BCUT2D eigenvalue weighted by atomic mass is 9.76. The van der Waals surface area contributed by atoms with E-state index in [1.807, 2.05) is 27.7 Å². The van der Waals surface area contributed by atoms with Gasteiger partial charge < -0.3 is 20.1 Å². The van der Waals surface area contributed by atoms with Crippen LogP contribution in [0.25, 0.3) is 0 Å². The number of ketones is 4. The Hall–Kier alpha value is -3.70. The van der Waals surface area contributed by atoms with Crippen molar-refractivity contribution in [2.24, 2.45) is 35.0 Å². The Morgan fingerprint density at radius 2 is 1.58 bits per heavy atom. The van der Waals surface area contributed by atoms with Crippen molar-refractivity contribution in [3.63, 3.8) is 0 Å². The van der Waals surface area contributed by atoms with E-state index in [4.69, 9.17) is 4.52 Å². The van der Waals surface area contributed by atoms with Gasteiger partial charge in [-0.2, -0.15) is 0 Å². The Balaban J connectivity index is 1.36. The van der Waals surface area contributed by atoms with Crippen molar-refractivity contribution >= 4 is 46.7 Å². The largest absolute Gasteiger partial charge is 0.360 e. The number of rotatable bonds is 17. The number of aromatic nitrogens is 1. The maximum atomic E-state index is 14.9. The highest BCUT2D eigenvalue weighted by atomic mass is 16.5. The summed E-state index contributed by atoms with van der Waals surface area (Å²) in [6, 6.07) is -0.418. The Kier molecular flexibility index (Phi) is 13.5. The van der Waals surface area contributed by atoms with Crippen LogP contribution in [0.2, 0.25) is 0 Å². The van der Waals surface area contributed by atoms with Crippen LogP contribution in [0.3, 0.4) is 0 Å². The van der Waals surface area contributed by atoms with E-state index in [-0.39, 0.29) is 66.3 Å². The van der Waals surface area contributed by atoms with E-state index in [2.05, 4.69) is 15.8 Å². The third kappa shape index (κ3) is 10.3. The zero-order valence-electron chi connectivity index (χ0n) is 32.4. The van der Waals surface area contributed by atoms with Gasteiger partial charge in [0.05, 0.1) is 6.04 Å². The molecule has 292 valence electrons. The number of Topliss-reactive ketones (excluding diaryl/α,β-unsaturated/α-hetero) is 4. The highest BCUT2D eigenvalue weighted by Crippen LogP contribution is 2.42. The topological polar surface area (TPSA) is 173 Å². The third-order valence-electron chi connectivity index (χ3n) is 12.1. The fraction of sp³-hybridized carbons (Fsp3) is 0.756. The molecule has 1 aromatic rings. The highest BCUT2D eigenvalue weighted by molar-refractivity contribution is 6.40. The van der Waals surface area contributed by atoms with Gasteiger partial charge in [-0.25, -0.2) is 0 Å². The third-order valence-corrected chi connectivity index (χ3v) is 12.1. The van der Waals surface area contributed by atoms with E-state index in [1.165, 1.54) is 6.07 Å². The standard InChI is InChI=1S/C41H60N4O8/c1-6-12-28(36(49)33(47)20-25-17-18-25)22-32(46)31-21-27-15-10-11-16-30(27)45(31)40(52)37(41(3,4)5)43-38(50)29(26-13-8-7-9-14-26)23-34(48)39(51)42-35-19-24(2)53-44-35/h19,25-31,37H,6-18,20-23H2,1-5H3,(H,43,50)(H,42,44,51)/t27-,28+,29-,30-,31-,37?/m0/s1. The second-order valence-corrected chi connectivity index (χ2v) is 17.4. The van der Waals surface area contributed by atoms with Crippen LogP contribution in [0, 0.1) is 41.9 Å². The molecule has 3 saturated carbocycles. The molecule has 1 aromatic heterocycles. The smallest absolute Gasteiger partial charge is 0.293 e. The molecule has 4 aliphatic rings. The maximum Gasteiger partial charge on any atom is 0.293 e. The summed E-state index contributed by atoms with van der Waals surface area (Å²) in [6.07, 6.45) is 11.3. The molecule has 2 heterocycles. The lowest BCUT2D eigenvalue weighted by Crippen LogP contribution is -2.60. The van der Waals surface area contributed by atoms with Gasteiger partial charge in [0.2, 0.25) is 23.4 Å². The van der Waals surface area contributed by atoms with Crippen molar-refractivity contribution in [2.75, 3.05) is 5.32 Å². The van der Waals surface area contributed by atoms with E-state index in [9.17, 15) is 33.6 Å². The minimum Gasteiger partial charge on any atom is -0.360 e. The van der Waals surface area contributed by atoms with Crippen LogP contribution in [0.5, 0.6) is 0 Å². The van der Waals surface area contributed by atoms with Gasteiger partial charge in [0.15, 0.2) is 17.4 Å². The van der Waals surface area contributed by atoms with Crippen LogP contribution < -0.4 is 10.6 Å². The summed E-state index contributed by atoms with van der Waals surface area (Å²) >= 11 is 0. The molecule has 5 rings (SSSR count). The quantitative estimate of drug-likeness (QED) is 0.180. The predicted molar refractivity (Wildman–Crippen MR) is 197 cm³/mol. The van der Waals surface area contributed by atoms with Crippen LogP contribution in [0.15, 0.2) is 10.6 Å². The number of likely N-dealkylation sites (tertiary alicyclic amines) is 1. The molecule has 0 radical (unpaired) electrons. The molecule has 0 bridgehead atoms. The summed E-state index contributed by atoms with van der Waals surface area (Å²) in [4.78, 5) is 97.5. The van der Waals surface area contributed by atoms with Gasteiger partial charge in [0, 0.05) is 43.2 Å². The molecule has 1 aliphatic heterocycles. The Bertz CT molecular complexity index is 1530. The fourth-order valence-electron chi connectivity index (χ4n) is 8.99. The zero-order chi connectivity index (χ0) is 38.4. The Labute approximate surface area is 313 Å². The van der Waals surface area contributed by atoms with E-state index >= 15 is 0 Å². The molecule has 3 amide bonds. The van der Waals surface area contributed by atoms with Gasteiger partial charge in [-0.05, 0) is 81.5 Å². The first kappa shape index (κ1) is 40.5. The lowest BCUT2D eigenvalue weighted by molar-refractivity contribution is -0.148. The number of fused-ring (bicyclic) bond motifs is 1. The van der Waals surface area contributed by atoms with Crippen LogP contribution in [0.4, 0.5) is 5.82 Å². The second-order valence-electron chi connectivity index (χ2n) is 17.4. The minimum atomic E-state index is -1.01. The van der Waals surface area contributed by atoms with Crippen LogP contribution in [0.1, 0.15) is 143 Å². The van der Waals surface area contributed by atoms with E-state index in [0.717, 1.165) is 70.6 Å². The van der Waals surface area contributed by atoms with E-state index < -0.39 is 52.7 Å². The minimum absolute atomic E-state index is 0.0780. The van der Waals surface area contributed by atoms with Crippen LogP contribution in [-0.2, 0) is 33.6 Å². The van der Waals surface area contributed by atoms with Crippen molar-refractivity contribution < 1.29 is 38.1 Å². The number of anilines is 1. The second kappa shape index (κ2) is 17.6. The van der Waals surface area contributed by atoms with Gasteiger partial charge >= 0.3 is 0 Å². The van der Waals surface area contributed by atoms with Crippen molar-refractivity contribution in [3.05, 3.63) is 11.8 Å². The van der Waals surface area contributed by atoms with Crippen LogP contribution in [-0.4, -0.2) is 69.0 Å². The number of carbonyl (C=O) groups is 7. The number of amides is 3. The molecule has 12 heteroatoms. The molecule has 12 nitrogen and oxygen atoms in total. The van der Waals surface area contributed by atoms with Gasteiger partial charge in [0.25, 0.3) is 5.91 Å². The summed E-state index contributed by atoms with van der Waals surface area (Å²) in [5.74, 6) is -4.14. The molecule has 1 unspecified atom stereocenters. The first-order valence-corrected chi connectivity index (χ1v) is 20.2. The lowest BCUT2D eigenvalue weighted by Gasteiger charge is -2.40. The first-order chi connectivity index (χ1) is 25.2. The molecule has 0 aromatic carbocycles. The summed E-state index contributed by atoms with van der Waals surface area (Å²) in [5, 5.41) is 9.24. The monoisotopic (exact) mass is 736 g/mol. The van der Waals surface area contributed by atoms with E-state index in [1.54, 1.807) is 11.8 Å². The molecule has 1 saturated heterocycles.